The van der Waals surface area contributed by atoms with Crippen LogP contribution in [-0.4, -0.2) is 21.0 Å². The number of aromatic nitrogens is 3. The van der Waals surface area contributed by atoms with Crippen LogP contribution in [-0.2, 0) is 6.54 Å². The van der Waals surface area contributed by atoms with Crippen molar-refractivity contribution in [3.05, 3.63) is 34.6 Å². The molecule has 0 saturated carbocycles. The minimum atomic E-state index is -0.130. The van der Waals surface area contributed by atoms with Gasteiger partial charge >= 0.3 is 0 Å². The average Bonchev–Trinajstić information content (AvgIpc) is 2.33. The molecule has 0 fully saturated rings. The molecule has 0 radical (unpaired) electrons. The molecule has 1 unspecified atom stereocenters. The molecular weight excluding hydrogens is 204 g/mol. The molecule has 0 aliphatic heterocycles. The predicted octanol–water partition coefficient (Wildman–Crippen LogP) is 0.529. The number of nitrogens with zero attached hydrogens (tertiary/aromatic N) is 3. The highest BCUT2D eigenvalue weighted by atomic mass is 16.1. The molecular formula is C11H14N4O. The Hall–Kier alpha value is -1.75. The fraction of sp³-hybridized carbons (Fsp3) is 0.364. The molecule has 0 amide bonds. The van der Waals surface area contributed by atoms with Gasteiger partial charge in [-0.1, -0.05) is 24.3 Å². The molecule has 1 heterocycles. The molecule has 5 nitrogen and oxygen atoms in total. The van der Waals surface area contributed by atoms with Crippen molar-refractivity contribution < 1.29 is 0 Å². The van der Waals surface area contributed by atoms with Crippen LogP contribution in [0, 0.1) is 0 Å². The molecule has 0 spiro atoms. The van der Waals surface area contributed by atoms with Gasteiger partial charge in [0.15, 0.2) is 0 Å². The number of rotatable bonds is 3. The topological polar surface area (TPSA) is 73.8 Å². The Labute approximate surface area is 92.9 Å². The van der Waals surface area contributed by atoms with Crippen LogP contribution in [0.2, 0.25) is 0 Å². The Kier molecular flexibility index (Phi) is 2.96. The molecule has 2 N–H and O–H groups in total. The molecule has 1 aromatic carbocycles. The number of hydrogen-bond acceptors (Lipinski definition) is 4. The molecule has 16 heavy (non-hydrogen) atoms. The van der Waals surface area contributed by atoms with Gasteiger partial charge in [-0.05, 0) is 18.6 Å². The normalized spacial score (nSPS) is 12.9. The van der Waals surface area contributed by atoms with Crippen LogP contribution < -0.4 is 11.3 Å². The third-order valence-corrected chi connectivity index (χ3v) is 2.56. The summed E-state index contributed by atoms with van der Waals surface area (Å²) in [4.78, 5) is 12.0. The first-order valence-corrected chi connectivity index (χ1v) is 5.30. The first kappa shape index (κ1) is 10.8. The van der Waals surface area contributed by atoms with Gasteiger partial charge < -0.3 is 5.73 Å². The highest BCUT2D eigenvalue weighted by Gasteiger charge is 2.07. The lowest BCUT2D eigenvalue weighted by atomic mass is 10.2. The third kappa shape index (κ3) is 1.94. The Balaban J connectivity index is 2.49. The maximum atomic E-state index is 12.0. The van der Waals surface area contributed by atoms with Crippen molar-refractivity contribution in [2.45, 2.75) is 25.9 Å². The van der Waals surface area contributed by atoms with Gasteiger partial charge in [-0.15, -0.1) is 5.10 Å². The van der Waals surface area contributed by atoms with Crippen molar-refractivity contribution in [1.29, 1.82) is 0 Å². The third-order valence-electron chi connectivity index (χ3n) is 2.56. The highest BCUT2D eigenvalue weighted by Crippen LogP contribution is 2.03. The molecule has 2 rings (SSSR count). The fourth-order valence-electron chi connectivity index (χ4n) is 1.49. The number of hydrogen-bond donors (Lipinski definition) is 1. The number of nitrogens with two attached hydrogens (primary N) is 1. The maximum absolute atomic E-state index is 12.0. The Morgan fingerprint density at radius 1 is 1.44 bits per heavy atom. The standard InChI is InChI=1S/C11H14N4O/c1-2-8(12)7-15-11(16)9-5-3-4-6-10(9)13-14-15/h3-6,8H,2,7,12H2,1H3. The summed E-state index contributed by atoms with van der Waals surface area (Å²) in [6, 6.07) is 7.11. The van der Waals surface area contributed by atoms with Crippen LogP contribution in [0.15, 0.2) is 29.1 Å². The Morgan fingerprint density at radius 2 is 2.19 bits per heavy atom. The van der Waals surface area contributed by atoms with Gasteiger partial charge in [0.05, 0.1) is 11.9 Å². The number of benzene rings is 1. The van der Waals surface area contributed by atoms with E-state index in [4.69, 9.17) is 5.73 Å². The SMILES string of the molecule is CCC(N)Cn1nnc2ccccc2c1=O. The van der Waals surface area contributed by atoms with Crippen LogP contribution in [0.5, 0.6) is 0 Å². The summed E-state index contributed by atoms with van der Waals surface area (Å²) in [6.45, 7) is 2.39. The predicted molar refractivity (Wildman–Crippen MR) is 62.1 cm³/mol. The van der Waals surface area contributed by atoms with Crippen LogP contribution >= 0.6 is 0 Å². The maximum Gasteiger partial charge on any atom is 0.277 e. The second-order valence-corrected chi connectivity index (χ2v) is 3.76. The summed E-state index contributed by atoms with van der Waals surface area (Å²) < 4.78 is 1.33. The second kappa shape index (κ2) is 4.40. The van der Waals surface area contributed by atoms with E-state index in [0.717, 1.165) is 6.42 Å². The van der Waals surface area contributed by atoms with Crippen molar-refractivity contribution in [3.8, 4) is 0 Å². The molecule has 0 bridgehead atoms. The van der Waals surface area contributed by atoms with E-state index in [9.17, 15) is 4.79 Å². The van der Waals surface area contributed by atoms with E-state index >= 15 is 0 Å². The van der Waals surface area contributed by atoms with E-state index in [1.807, 2.05) is 19.1 Å². The van der Waals surface area contributed by atoms with Gasteiger partial charge in [0.1, 0.15) is 5.52 Å². The second-order valence-electron chi connectivity index (χ2n) is 3.76. The molecule has 0 aliphatic rings. The van der Waals surface area contributed by atoms with Crippen molar-refractivity contribution in [2.24, 2.45) is 5.73 Å². The van der Waals surface area contributed by atoms with Gasteiger partial charge in [0, 0.05) is 6.04 Å². The van der Waals surface area contributed by atoms with Gasteiger partial charge in [-0.3, -0.25) is 4.79 Å². The van der Waals surface area contributed by atoms with Crippen molar-refractivity contribution in [2.75, 3.05) is 0 Å². The summed E-state index contributed by atoms with van der Waals surface area (Å²) >= 11 is 0. The lowest BCUT2D eigenvalue weighted by Gasteiger charge is -2.09. The fourth-order valence-corrected chi connectivity index (χ4v) is 1.49. The average molecular weight is 218 g/mol. The van der Waals surface area contributed by atoms with Gasteiger partial charge in [0.2, 0.25) is 0 Å². The molecule has 0 saturated heterocycles. The first-order chi connectivity index (χ1) is 7.72. The van der Waals surface area contributed by atoms with E-state index in [1.165, 1.54) is 4.68 Å². The lowest BCUT2D eigenvalue weighted by Crippen LogP contribution is -2.33. The molecule has 2 aromatic rings. The minimum absolute atomic E-state index is 0.0619. The zero-order valence-corrected chi connectivity index (χ0v) is 9.13. The molecule has 1 atom stereocenters. The van der Waals surface area contributed by atoms with Crippen LogP contribution in [0.1, 0.15) is 13.3 Å². The summed E-state index contributed by atoms with van der Waals surface area (Å²) in [7, 11) is 0. The van der Waals surface area contributed by atoms with E-state index in [2.05, 4.69) is 10.3 Å². The summed E-state index contributed by atoms with van der Waals surface area (Å²) in [5.74, 6) is 0. The van der Waals surface area contributed by atoms with E-state index in [-0.39, 0.29) is 11.6 Å². The summed E-state index contributed by atoms with van der Waals surface area (Å²) in [6.07, 6.45) is 0.806. The van der Waals surface area contributed by atoms with Crippen molar-refractivity contribution in [3.63, 3.8) is 0 Å². The highest BCUT2D eigenvalue weighted by molar-refractivity contribution is 5.76. The summed E-state index contributed by atoms with van der Waals surface area (Å²) in [5, 5.41) is 8.44. The number of fused-ring (bicyclic) bond motifs is 1. The zero-order valence-electron chi connectivity index (χ0n) is 9.13. The van der Waals surface area contributed by atoms with E-state index in [1.54, 1.807) is 12.1 Å². The van der Waals surface area contributed by atoms with E-state index < -0.39 is 0 Å². The molecule has 5 heteroatoms. The van der Waals surface area contributed by atoms with Crippen LogP contribution in [0.4, 0.5) is 0 Å². The van der Waals surface area contributed by atoms with Gasteiger partial charge in [0.25, 0.3) is 5.56 Å². The largest absolute Gasteiger partial charge is 0.326 e. The first-order valence-electron chi connectivity index (χ1n) is 5.30. The van der Waals surface area contributed by atoms with E-state index in [0.29, 0.717) is 17.4 Å². The van der Waals surface area contributed by atoms with Crippen molar-refractivity contribution in [1.82, 2.24) is 15.0 Å². The van der Waals surface area contributed by atoms with Crippen LogP contribution in [0.3, 0.4) is 0 Å². The molecule has 1 aromatic heterocycles. The van der Waals surface area contributed by atoms with Crippen LogP contribution in [0.25, 0.3) is 10.9 Å². The molecule has 0 aliphatic carbocycles. The van der Waals surface area contributed by atoms with Gasteiger partial charge in [-0.2, -0.15) is 0 Å². The van der Waals surface area contributed by atoms with Gasteiger partial charge in [-0.25, -0.2) is 4.68 Å². The summed E-state index contributed by atoms with van der Waals surface area (Å²) in [5.41, 5.74) is 6.28. The minimum Gasteiger partial charge on any atom is -0.326 e. The molecule has 84 valence electrons. The zero-order chi connectivity index (χ0) is 11.5. The quantitative estimate of drug-likeness (QED) is 0.815. The van der Waals surface area contributed by atoms with Crippen molar-refractivity contribution >= 4 is 10.9 Å². The smallest absolute Gasteiger partial charge is 0.277 e. The lowest BCUT2D eigenvalue weighted by molar-refractivity contribution is 0.466. The monoisotopic (exact) mass is 218 g/mol. The Bertz CT molecular complexity index is 549. The Morgan fingerprint density at radius 3 is 2.94 bits per heavy atom.